The van der Waals surface area contributed by atoms with E-state index in [9.17, 15) is 5.11 Å². The van der Waals surface area contributed by atoms with Gasteiger partial charge in [-0.05, 0) is 49.8 Å². The van der Waals surface area contributed by atoms with Gasteiger partial charge in [-0.2, -0.15) is 0 Å². The van der Waals surface area contributed by atoms with E-state index in [-0.39, 0.29) is 12.1 Å². The molecule has 0 spiro atoms. The van der Waals surface area contributed by atoms with Gasteiger partial charge in [0.2, 0.25) is 0 Å². The molecule has 2 heterocycles. The second-order valence-electron chi connectivity index (χ2n) is 8.24. The number of anilines is 1. The number of thioether (sulfide) groups is 1. The fraction of sp³-hybridized carbons (Fsp3) is 0.524. The largest absolute Gasteiger partial charge is 0.391 e. The maximum Gasteiger partial charge on any atom is 0.191 e. The first-order chi connectivity index (χ1) is 15.0. The second-order valence-corrected chi connectivity index (χ2v) is 10.1. The predicted octanol–water partition coefficient (Wildman–Crippen LogP) is 5.08. The van der Waals surface area contributed by atoms with E-state index in [4.69, 9.17) is 33.2 Å². The van der Waals surface area contributed by atoms with Crippen molar-refractivity contribution >= 4 is 51.9 Å². The zero-order valence-electron chi connectivity index (χ0n) is 17.1. The van der Waals surface area contributed by atoms with E-state index >= 15 is 0 Å². The Morgan fingerprint density at radius 1 is 1.23 bits per heavy atom. The third-order valence-electron chi connectivity index (χ3n) is 5.98. The van der Waals surface area contributed by atoms with Gasteiger partial charge in [0, 0.05) is 17.7 Å². The van der Waals surface area contributed by atoms with Crippen LogP contribution in [0.2, 0.25) is 10.0 Å². The van der Waals surface area contributed by atoms with Crippen molar-refractivity contribution in [3.05, 3.63) is 33.8 Å². The highest BCUT2D eigenvalue weighted by Crippen LogP contribution is 2.45. The molecule has 0 aliphatic heterocycles. The molecule has 2 fully saturated rings. The smallest absolute Gasteiger partial charge is 0.191 e. The Morgan fingerprint density at radius 2 is 2.10 bits per heavy atom. The molecule has 7 nitrogen and oxygen atoms in total. The summed E-state index contributed by atoms with van der Waals surface area (Å²) in [6.07, 6.45) is 4.25. The van der Waals surface area contributed by atoms with Crippen LogP contribution in [0.3, 0.4) is 0 Å². The van der Waals surface area contributed by atoms with Crippen LogP contribution in [-0.2, 0) is 0 Å². The molecule has 0 saturated heterocycles. The molecule has 10 heteroatoms. The van der Waals surface area contributed by atoms with Crippen LogP contribution in [0.4, 0.5) is 5.82 Å². The topological polar surface area (TPSA) is 88.8 Å². The van der Waals surface area contributed by atoms with Crippen LogP contribution in [0.5, 0.6) is 0 Å². The molecular formula is C21H24Cl2N6OS. The number of hydrogen-bond donors (Lipinski definition) is 2. The molecule has 2 aromatic heterocycles. The zero-order valence-corrected chi connectivity index (χ0v) is 19.5. The first-order valence-corrected chi connectivity index (χ1v) is 12.4. The lowest BCUT2D eigenvalue weighted by Gasteiger charge is -2.15. The van der Waals surface area contributed by atoms with Gasteiger partial charge in [0.1, 0.15) is 0 Å². The van der Waals surface area contributed by atoms with Crippen molar-refractivity contribution in [3.8, 4) is 0 Å². The number of nitrogens with zero attached hydrogens (tertiary/aromatic N) is 5. The molecule has 2 N–H and O–H groups in total. The van der Waals surface area contributed by atoms with Crippen molar-refractivity contribution in [1.82, 2.24) is 25.0 Å². The first kappa shape index (κ1) is 21.2. The highest BCUT2D eigenvalue weighted by atomic mass is 35.5. The van der Waals surface area contributed by atoms with Crippen LogP contribution in [-0.4, -0.2) is 48.0 Å². The maximum absolute atomic E-state index is 10.4. The monoisotopic (exact) mass is 478 g/mol. The number of aromatic nitrogens is 5. The van der Waals surface area contributed by atoms with Crippen molar-refractivity contribution in [1.29, 1.82) is 0 Å². The summed E-state index contributed by atoms with van der Waals surface area (Å²) in [6.45, 7) is 2.14. The number of benzene rings is 1. The zero-order chi connectivity index (χ0) is 21.5. The van der Waals surface area contributed by atoms with Gasteiger partial charge in [-0.1, -0.05) is 53.2 Å². The molecule has 2 aliphatic carbocycles. The van der Waals surface area contributed by atoms with Crippen molar-refractivity contribution in [3.63, 3.8) is 0 Å². The Morgan fingerprint density at radius 3 is 2.84 bits per heavy atom. The third kappa shape index (κ3) is 4.23. The van der Waals surface area contributed by atoms with Gasteiger partial charge in [0.15, 0.2) is 22.1 Å². The van der Waals surface area contributed by atoms with E-state index in [0.717, 1.165) is 43.4 Å². The Balaban J connectivity index is 1.44. The molecule has 164 valence electrons. The lowest BCUT2D eigenvalue weighted by Crippen LogP contribution is -2.20. The van der Waals surface area contributed by atoms with Gasteiger partial charge in [0.25, 0.3) is 0 Å². The highest BCUT2D eigenvalue weighted by molar-refractivity contribution is 7.99. The summed E-state index contributed by atoms with van der Waals surface area (Å²) in [5, 5.41) is 24.5. The van der Waals surface area contributed by atoms with Gasteiger partial charge in [-0.25, -0.2) is 14.6 Å². The van der Waals surface area contributed by atoms with Gasteiger partial charge in [0.05, 0.1) is 22.2 Å². The summed E-state index contributed by atoms with van der Waals surface area (Å²) >= 11 is 13.9. The van der Waals surface area contributed by atoms with Crippen LogP contribution in [0.15, 0.2) is 23.4 Å². The Kier molecular flexibility index (Phi) is 5.98. The summed E-state index contributed by atoms with van der Waals surface area (Å²) in [5.41, 5.74) is 2.50. The maximum atomic E-state index is 10.4. The Labute approximate surface area is 194 Å². The minimum absolute atomic E-state index is 0.0818. The van der Waals surface area contributed by atoms with Crippen LogP contribution in [0.1, 0.15) is 56.6 Å². The van der Waals surface area contributed by atoms with E-state index in [1.807, 2.05) is 18.2 Å². The van der Waals surface area contributed by atoms with E-state index in [1.165, 1.54) is 0 Å². The second kappa shape index (κ2) is 8.73. The summed E-state index contributed by atoms with van der Waals surface area (Å²) < 4.78 is 1.79. The van der Waals surface area contributed by atoms with E-state index in [2.05, 4.69) is 22.6 Å². The van der Waals surface area contributed by atoms with Crippen molar-refractivity contribution < 1.29 is 5.11 Å². The van der Waals surface area contributed by atoms with Crippen LogP contribution >= 0.6 is 35.0 Å². The molecule has 5 rings (SSSR count). The molecule has 0 amide bonds. The quantitative estimate of drug-likeness (QED) is 0.361. The van der Waals surface area contributed by atoms with Crippen molar-refractivity contribution in [2.24, 2.45) is 0 Å². The van der Waals surface area contributed by atoms with Crippen molar-refractivity contribution in [2.45, 2.75) is 68.3 Å². The third-order valence-corrected chi connectivity index (χ3v) is 7.77. The molecule has 0 bridgehead atoms. The summed E-state index contributed by atoms with van der Waals surface area (Å²) in [7, 11) is 0. The molecule has 0 radical (unpaired) electrons. The SMILES string of the molecule is CCCSc1nc(NC2CC2c2ccc(Cl)c(Cl)c2)c2nnn([C@@H]3CCC[C@H]3O)c2n1. The number of rotatable bonds is 7. The number of aliphatic hydroxyl groups is 1. The summed E-state index contributed by atoms with van der Waals surface area (Å²) in [6, 6.07) is 5.96. The molecule has 2 aliphatic rings. The molecule has 1 aromatic carbocycles. The normalized spacial score (nSPS) is 25.3. The lowest BCUT2D eigenvalue weighted by molar-refractivity contribution is 0.131. The molecular weight excluding hydrogens is 455 g/mol. The standard InChI is InChI=1S/C21H24Cl2N6OS/c1-2-8-31-21-25-19(24-15-10-12(15)11-6-7-13(22)14(23)9-11)18-20(26-21)29(28-27-18)16-4-3-5-17(16)30/h6-7,9,12,15-17,30H,2-5,8,10H2,1H3,(H,24,25,26)/t12?,15?,16-,17-/m1/s1. The summed E-state index contributed by atoms with van der Waals surface area (Å²) in [4.78, 5) is 9.50. The molecule has 2 saturated carbocycles. The minimum Gasteiger partial charge on any atom is -0.391 e. The predicted molar refractivity (Wildman–Crippen MR) is 124 cm³/mol. The fourth-order valence-corrected chi connectivity index (χ4v) is 5.24. The fourth-order valence-electron chi connectivity index (χ4n) is 4.24. The van der Waals surface area contributed by atoms with Gasteiger partial charge >= 0.3 is 0 Å². The molecule has 31 heavy (non-hydrogen) atoms. The van der Waals surface area contributed by atoms with Gasteiger partial charge in [-0.3, -0.25) is 0 Å². The van der Waals surface area contributed by atoms with E-state index < -0.39 is 6.10 Å². The lowest BCUT2D eigenvalue weighted by atomic mass is 10.1. The number of aliphatic hydroxyl groups excluding tert-OH is 1. The van der Waals surface area contributed by atoms with Crippen LogP contribution in [0.25, 0.3) is 11.2 Å². The average Bonchev–Trinajstić information content (AvgIpc) is 3.18. The van der Waals surface area contributed by atoms with E-state index in [0.29, 0.717) is 38.1 Å². The van der Waals surface area contributed by atoms with Crippen LogP contribution < -0.4 is 5.32 Å². The number of fused-ring (bicyclic) bond motifs is 1. The Bertz CT molecular complexity index is 1110. The molecule has 4 atom stereocenters. The molecule has 3 aromatic rings. The number of hydrogen-bond acceptors (Lipinski definition) is 7. The van der Waals surface area contributed by atoms with Gasteiger partial charge in [-0.15, -0.1) is 5.10 Å². The first-order valence-electron chi connectivity index (χ1n) is 10.7. The highest BCUT2D eigenvalue weighted by Gasteiger charge is 2.40. The Hall–Kier alpha value is -1.61. The van der Waals surface area contributed by atoms with E-state index in [1.54, 1.807) is 16.4 Å². The minimum atomic E-state index is -0.412. The average molecular weight is 479 g/mol. The number of halogens is 2. The number of nitrogens with one attached hydrogen (secondary N) is 1. The molecule has 2 unspecified atom stereocenters. The van der Waals surface area contributed by atoms with Gasteiger partial charge < -0.3 is 10.4 Å². The van der Waals surface area contributed by atoms with Crippen LogP contribution in [0, 0.1) is 0 Å². The van der Waals surface area contributed by atoms with Crippen molar-refractivity contribution in [2.75, 3.05) is 11.1 Å². The summed E-state index contributed by atoms with van der Waals surface area (Å²) in [5.74, 6) is 1.99.